The topological polar surface area (TPSA) is 34.1 Å². The Morgan fingerprint density at radius 3 is 2.70 bits per heavy atom. The van der Waals surface area contributed by atoms with Crippen LogP contribution in [0.4, 0.5) is 0 Å². The van der Waals surface area contributed by atoms with Crippen molar-refractivity contribution < 1.29 is 4.74 Å². The zero-order chi connectivity index (χ0) is 14.2. The van der Waals surface area contributed by atoms with Crippen molar-refractivity contribution in [2.45, 2.75) is 25.0 Å². The molecular formula is C16H20N2OS. The summed E-state index contributed by atoms with van der Waals surface area (Å²) < 4.78 is 5.87. The van der Waals surface area contributed by atoms with Gasteiger partial charge >= 0.3 is 0 Å². The van der Waals surface area contributed by atoms with Gasteiger partial charge in [-0.15, -0.1) is 11.8 Å². The summed E-state index contributed by atoms with van der Waals surface area (Å²) in [5.74, 6) is 0.916. The number of nitrogens with one attached hydrogen (secondary N) is 1. The van der Waals surface area contributed by atoms with Gasteiger partial charge in [0.25, 0.3) is 0 Å². The maximum absolute atomic E-state index is 5.87. The zero-order valence-corrected chi connectivity index (χ0v) is 12.7. The van der Waals surface area contributed by atoms with Gasteiger partial charge in [0, 0.05) is 11.4 Å². The van der Waals surface area contributed by atoms with Crippen LogP contribution in [0.15, 0.2) is 47.4 Å². The second-order valence-electron chi connectivity index (χ2n) is 4.34. The largest absolute Gasteiger partial charge is 0.486 e. The van der Waals surface area contributed by atoms with E-state index >= 15 is 0 Å². The molecule has 0 aliphatic carbocycles. The van der Waals surface area contributed by atoms with Crippen molar-refractivity contribution in [1.82, 2.24) is 10.3 Å². The van der Waals surface area contributed by atoms with Crippen molar-refractivity contribution in [2.75, 3.05) is 12.8 Å². The van der Waals surface area contributed by atoms with Gasteiger partial charge < -0.3 is 10.1 Å². The molecule has 0 radical (unpaired) electrons. The van der Waals surface area contributed by atoms with Gasteiger partial charge in [-0.05, 0) is 37.1 Å². The van der Waals surface area contributed by atoms with E-state index in [1.54, 1.807) is 11.8 Å². The third kappa shape index (κ3) is 4.25. The predicted molar refractivity (Wildman–Crippen MR) is 84.2 cm³/mol. The van der Waals surface area contributed by atoms with Gasteiger partial charge in [0.2, 0.25) is 0 Å². The van der Waals surface area contributed by atoms with E-state index in [4.69, 9.17) is 4.74 Å². The van der Waals surface area contributed by atoms with E-state index in [0.717, 1.165) is 35.1 Å². The lowest BCUT2D eigenvalue weighted by molar-refractivity contribution is 0.294. The molecule has 2 rings (SSSR count). The lowest BCUT2D eigenvalue weighted by Gasteiger charge is -2.10. The molecule has 1 aromatic heterocycles. The van der Waals surface area contributed by atoms with Crippen LogP contribution in [-0.2, 0) is 13.2 Å². The average molecular weight is 288 g/mol. The molecule has 0 amide bonds. The first-order valence-corrected chi connectivity index (χ1v) is 7.97. The number of hydrogen-bond acceptors (Lipinski definition) is 4. The zero-order valence-electron chi connectivity index (χ0n) is 11.9. The fourth-order valence-corrected chi connectivity index (χ4v) is 2.39. The predicted octanol–water partition coefficient (Wildman–Crippen LogP) is 3.49. The van der Waals surface area contributed by atoms with Crippen molar-refractivity contribution in [3.8, 4) is 5.75 Å². The lowest BCUT2D eigenvalue weighted by atomic mass is 10.3. The number of para-hydroxylation sites is 1. The van der Waals surface area contributed by atoms with E-state index in [1.165, 1.54) is 0 Å². The Labute approximate surface area is 124 Å². The van der Waals surface area contributed by atoms with Crippen molar-refractivity contribution in [3.63, 3.8) is 0 Å². The normalized spacial score (nSPS) is 10.5. The first-order chi connectivity index (χ1) is 9.83. The minimum Gasteiger partial charge on any atom is -0.486 e. The summed E-state index contributed by atoms with van der Waals surface area (Å²) in [6, 6.07) is 14.1. The molecule has 0 bridgehead atoms. The fourth-order valence-electron chi connectivity index (χ4n) is 1.85. The van der Waals surface area contributed by atoms with E-state index in [-0.39, 0.29) is 0 Å². The molecule has 0 atom stereocenters. The summed E-state index contributed by atoms with van der Waals surface area (Å²) in [5.41, 5.74) is 2.00. The van der Waals surface area contributed by atoms with Gasteiger partial charge in [-0.1, -0.05) is 25.1 Å². The van der Waals surface area contributed by atoms with Crippen LogP contribution in [-0.4, -0.2) is 17.8 Å². The molecule has 0 aliphatic heterocycles. The number of pyridine rings is 1. The molecule has 1 heterocycles. The standard InChI is InChI=1S/C16H20N2OS/c1-3-17-11-13-7-6-8-14(18-13)12-19-15-9-4-5-10-16(15)20-2/h4-10,17H,3,11-12H2,1-2H3. The van der Waals surface area contributed by atoms with Crippen molar-refractivity contribution >= 4 is 11.8 Å². The van der Waals surface area contributed by atoms with Gasteiger partial charge in [0.05, 0.1) is 11.4 Å². The van der Waals surface area contributed by atoms with Crippen LogP contribution in [0.1, 0.15) is 18.3 Å². The van der Waals surface area contributed by atoms with E-state index in [1.807, 2.05) is 36.4 Å². The molecular weight excluding hydrogens is 268 g/mol. The molecule has 0 spiro atoms. The molecule has 1 aromatic carbocycles. The van der Waals surface area contributed by atoms with Gasteiger partial charge in [-0.3, -0.25) is 4.98 Å². The van der Waals surface area contributed by atoms with Crippen LogP contribution in [0.2, 0.25) is 0 Å². The quantitative estimate of drug-likeness (QED) is 0.791. The van der Waals surface area contributed by atoms with Crippen molar-refractivity contribution in [2.24, 2.45) is 0 Å². The molecule has 4 heteroatoms. The van der Waals surface area contributed by atoms with Gasteiger partial charge in [0.15, 0.2) is 0 Å². The highest BCUT2D eigenvalue weighted by atomic mass is 32.2. The SMILES string of the molecule is CCNCc1cccc(COc2ccccc2SC)n1. The number of rotatable bonds is 7. The molecule has 0 fully saturated rings. The van der Waals surface area contributed by atoms with E-state index in [0.29, 0.717) is 6.61 Å². The van der Waals surface area contributed by atoms with Crippen LogP contribution in [0, 0.1) is 0 Å². The lowest BCUT2D eigenvalue weighted by Crippen LogP contribution is -2.13. The summed E-state index contributed by atoms with van der Waals surface area (Å²) in [4.78, 5) is 5.74. The van der Waals surface area contributed by atoms with Crippen molar-refractivity contribution in [1.29, 1.82) is 0 Å². The highest BCUT2D eigenvalue weighted by Gasteiger charge is 2.03. The summed E-state index contributed by atoms with van der Waals surface area (Å²) >= 11 is 1.69. The molecule has 0 saturated carbocycles. The Hall–Kier alpha value is -1.52. The van der Waals surface area contributed by atoms with Crippen molar-refractivity contribution in [3.05, 3.63) is 53.9 Å². The Bertz CT molecular complexity index is 546. The molecule has 20 heavy (non-hydrogen) atoms. The van der Waals surface area contributed by atoms with Crippen LogP contribution in [0.3, 0.4) is 0 Å². The van der Waals surface area contributed by atoms with Crippen LogP contribution >= 0.6 is 11.8 Å². The van der Waals surface area contributed by atoms with Crippen LogP contribution < -0.4 is 10.1 Å². The molecule has 2 aromatic rings. The fraction of sp³-hybridized carbons (Fsp3) is 0.312. The number of ether oxygens (including phenoxy) is 1. The van der Waals surface area contributed by atoms with Gasteiger partial charge in [-0.2, -0.15) is 0 Å². The smallest absolute Gasteiger partial charge is 0.133 e. The third-order valence-corrected chi connectivity index (χ3v) is 3.64. The third-order valence-electron chi connectivity index (χ3n) is 2.87. The van der Waals surface area contributed by atoms with E-state index < -0.39 is 0 Å². The average Bonchev–Trinajstić information content (AvgIpc) is 2.51. The van der Waals surface area contributed by atoms with E-state index in [2.05, 4.69) is 29.5 Å². The maximum Gasteiger partial charge on any atom is 0.133 e. The second-order valence-corrected chi connectivity index (χ2v) is 5.19. The minimum absolute atomic E-state index is 0.498. The van der Waals surface area contributed by atoms with Gasteiger partial charge in [-0.25, -0.2) is 0 Å². The summed E-state index contributed by atoms with van der Waals surface area (Å²) in [7, 11) is 0. The molecule has 0 unspecified atom stereocenters. The summed E-state index contributed by atoms with van der Waals surface area (Å²) in [6.45, 7) is 4.33. The minimum atomic E-state index is 0.498. The van der Waals surface area contributed by atoms with Crippen LogP contribution in [0.25, 0.3) is 0 Å². The van der Waals surface area contributed by atoms with Crippen LogP contribution in [0.5, 0.6) is 5.75 Å². The maximum atomic E-state index is 5.87. The Kier molecular flexibility index (Phi) is 5.89. The highest BCUT2D eigenvalue weighted by Crippen LogP contribution is 2.27. The molecule has 3 nitrogen and oxygen atoms in total. The Morgan fingerprint density at radius 1 is 1.10 bits per heavy atom. The monoisotopic (exact) mass is 288 g/mol. The molecule has 0 aliphatic rings. The highest BCUT2D eigenvalue weighted by molar-refractivity contribution is 7.98. The Morgan fingerprint density at radius 2 is 1.90 bits per heavy atom. The number of nitrogens with zero attached hydrogens (tertiary/aromatic N) is 1. The number of benzene rings is 1. The first kappa shape index (κ1) is 14.9. The first-order valence-electron chi connectivity index (χ1n) is 6.75. The second kappa shape index (κ2) is 7.92. The summed E-state index contributed by atoms with van der Waals surface area (Å²) in [5, 5.41) is 3.28. The molecule has 106 valence electrons. The Balaban J connectivity index is 1.99. The van der Waals surface area contributed by atoms with Gasteiger partial charge in [0.1, 0.15) is 12.4 Å². The number of thioether (sulfide) groups is 1. The van der Waals surface area contributed by atoms with E-state index in [9.17, 15) is 0 Å². The molecule has 1 N–H and O–H groups in total. The molecule has 0 saturated heterocycles. The number of aromatic nitrogens is 1. The number of hydrogen-bond donors (Lipinski definition) is 1. The summed E-state index contributed by atoms with van der Waals surface area (Å²) in [6.07, 6.45) is 2.05.